The minimum absolute atomic E-state index is 0.196. The number of ether oxygens (including phenoxy) is 1. The quantitative estimate of drug-likeness (QED) is 0.849. The second-order valence-electron chi connectivity index (χ2n) is 5.46. The van der Waals surface area contributed by atoms with Crippen molar-refractivity contribution >= 4 is 5.69 Å². The van der Waals surface area contributed by atoms with Gasteiger partial charge in [-0.05, 0) is 33.0 Å². The van der Waals surface area contributed by atoms with Crippen molar-refractivity contribution < 1.29 is 4.74 Å². The van der Waals surface area contributed by atoms with Crippen LogP contribution in [0.4, 0.5) is 5.69 Å². The number of anilines is 1. The summed E-state index contributed by atoms with van der Waals surface area (Å²) in [7, 11) is 2.17. The third-order valence-electron chi connectivity index (χ3n) is 3.25. The van der Waals surface area contributed by atoms with Crippen LogP contribution in [0.15, 0.2) is 24.3 Å². The first-order valence-electron chi connectivity index (χ1n) is 7.06. The van der Waals surface area contributed by atoms with Crippen molar-refractivity contribution in [3.63, 3.8) is 0 Å². The van der Waals surface area contributed by atoms with E-state index in [1.807, 2.05) is 18.2 Å². The summed E-state index contributed by atoms with van der Waals surface area (Å²) >= 11 is 0. The normalized spacial score (nSPS) is 20.5. The van der Waals surface area contributed by atoms with Crippen molar-refractivity contribution in [1.82, 2.24) is 10.2 Å². The van der Waals surface area contributed by atoms with Gasteiger partial charge < -0.3 is 20.3 Å². The maximum absolute atomic E-state index is 5.81. The molecule has 1 aliphatic rings. The van der Waals surface area contributed by atoms with Gasteiger partial charge in [0.1, 0.15) is 5.75 Å². The Hall–Kier alpha value is -1.26. The molecule has 4 heteroatoms. The molecular formula is C15H25N3O. The maximum Gasteiger partial charge on any atom is 0.142 e. The first kappa shape index (κ1) is 14.2. The highest BCUT2D eigenvalue weighted by atomic mass is 16.5. The molecule has 0 aromatic heterocycles. The lowest BCUT2D eigenvalue weighted by atomic mass is 10.2. The Kier molecular flexibility index (Phi) is 5.05. The Labute approximate surface area is 116 Å². The summed E-state index contributed by atoms with van der Waals surface area (Å²) in [5, 5.41) is 7.03. The summed E-state index contributed by atoms with van der Waals surface area (Å²) in [4.78, 5) is 2.36. The van der Waals surface area contributed by atoms with Crippen molar-refractivity contribution in [3.05, 3.63) is 24.3 Å². The van der Waals surface area contributed by atoms with Crippen LogP contribution < -0.4 is 15.4 Å². The largest absolute Gasteiger partial charge is 0.489 e. The smallest absolute Gasteiger partial charge is 0.142 e. The van der Waals surface area contributed by atoms with Crippen LogP contribution >= 0.6 is 0 Å². The third kappa shape index (κ3) is 4.40. The van der Waals surface area contributed by atoms with E-state index in [4.69, 9.17) is 4.74 Å². The molecule has 19 heavy (non-hydrogen) atoms. The van der Waals surface area contributed by atoms with Crippen LogP contribution in [0.5, 0.6) is 5.75 Å². The van der Waals surface area contributed by atoms with Gasteiger partial charge in [0, 0.05) is 32.2 Å². The van der Waals surface area contributed by atoms with Gasteiger partial charge in [-0.1, -0.05) is 12.1 Å². The van der Waals surface area contributed by atoms with E-state index >= 15 is 0 Å². The molecule has 0 spiro atoms. The van der Waals surface area contributed by atoms with Gasteiger partial charge in [-0.15, -0.1) is 0 Å². The number of benzene rings is 1. The van der Waals surface area contributed by atoms with Gasteiger partial charge in [-0.3, -0.25) is 0 Å². The Bertz CT molecular complexity index is 395. The molecule has 106 valence electrons. The number of rotatable bonds is 5. The van der Waals surface area contributed by atoms with Crippen LogP contribution in [-0.2, 0) is 0 Å². The van der Waals surface area contributed by atoms with E-state index < -0.39 is 0 Å². The molecule has 1 unspecified atom stereocenters. The molecule has 0 amide bonds. The average molecular weight is 263 g/mol. The van der Waals surface area contributed by atoms with Crippen molar-refractivity contribution in [2.75, 3.05) is 38.5 Å². The van der Waals surface area contributed by atoms with Crippen LogP contribution in [0.2, 0.25) is 0 Å². The van der Waals surface area contributed by atoms with Gasteiger partial charge >= 0.3 is 0 Å². The molecule has 1 atom stereocenters. The highest BCUT2D eigenvalue weighted by molar-refractivity contribution is 5.56. The zero-order valence-corrected chi connectivity index (χ0v) is 12.1. The van der Waals surface area contributed by atoms with Crippen LogP contribution in [0.25, 0.3) is 0 Å². The first-order chi connectivity index (χ1) is 9.15. The lowest BCUT2D eigenvalue weighted by Gasteiger charge is -2.31. The summed E-state index contributed by atoms with van der Waals surface area (Å²) in [5.74, 6) is 0.932. The Morgan fingerprint density at radius 2 is 2.21 bits per heavy atom. The van der Waals surface area contributed by atoms with E-state index in [1.165, 1.54) is 0 Å². The van der Waals surface area contributed by atoms with Gasteiger partial charge in [-0.2, -0.15) is 0 Å². The molecular weight excluding hydrogens is 238 g/mol. The van der Waals surface area contributed by atoms with Crippen molar-refractivity contribution in [3.8, 4) is 5.75 Å². The number of nitrogens with zero attached hydrogens (tertiary/aromatic N) is 1. The maximum atomic E-state index is 5.81. The monoisotopic (exact) mass is 263 g/mol. The topological polar surface area (TPSA) is 36.5 Å². The third-order valence-corrected chi connectivity index (χ3v) is 3.25. The molecule has 2 rings (SSSR count). The molecule has 1 heterocycles. The fourth-order valence-electron chi connectivity index (χ4n) is 2.33. The fraction of sp³-hybridized carbons (Fsp3) is 0.600. The standard InChI is InChI=1S/C15H25N3O/c1-12(2)19-15-7-5-4-6-14(15)17-10-13-11-18(3)9-8-16-13/h4-7,12-13,16-17H,8-11H2,1-3H3. The molecule has 2 N–H and O–H groups in total. The molecule has 1 aromatic rings. The summed E-state index contributed by atoms with van der Waals surface area (Å²) in [6.07, 6.45) is 0.196. The Balaban J connectivity index is 1.91. The SMILES string of the molecule is CC(C)Oc1ccccc1NCC1CN(C)CCN1. The average Bonchev–Trinajstić information content (AvgIpc) is 2.37. The molecule has 0 saturated carbocycles. The van der Waals surface area contributed by atoms with Gasteiger partial charge in [0.15, 0.2) is 0 Å². The molecule has 4 nitrogen and oxygen atoms in total. The van der Waals surface area contributed by atoms with E-state index in [0.29, 0.717) is 6.04 Å². The van der Waals surface area contributed by atoms with Crippen molar-refractivity contribution in [2.24, 2.45) is 0 Å². The van der Waals surface area contributed by atoms with E-state index in [1.54, 1.807) is 0 Å². The van der Waals surface area contributed by atoms with E-state index in [-0.39, 0.29) is 6.10 Å². The van der Waals surface area contributed by atoms with Gasteiger partial charge in [0.05, 0.1) is 11.8 Å². The number of hydrogen-bond acceptors (Lipinski definition) is 4. The number of likely N-dealkylation sites (N-methyl/N-ethyl adjacent to an activating group) is 1. The lowest BCUT2D eigenvalue weighted by molar-refractivity contribution is 0.240. The van der Waals surface area contributed by atoms with Crippen molar-refractivity contribution in [2.45, 2.75) is 26.0 Å². The van der Waals surface area contributed by atoms with Crippen LogP contribution in [0.1, 0.15) is 13.8 Å². The number of piperazine rings is 1. The minimum atomic E-state index is 0.196. The number of hydrogen-bond donors (Lipinski definition) is 2. The molecule has 1 saturated heterocycles. The molecule has 0 aliphatic carbocycles. The predicted molar refractivity (Wildman–Crippen MR) is 80.0 cm³/mol. The van der Waals surface area contributed by atoms with Crippen LogP contribution in [0, 0.1) is 0 Å². The lowest BCUT2D eigenvalue weighted by Crippen LogP contribution is -2.51. The zero-order valence-electron chi connectivity index (χ0n) is 12.1. The van der Waals surface area contributed by atoms with Gasteiger partial charge in [0.25, 0.3) is 0 Å². The molecule has 0 bridgehead atoms. The molecule has 0 radical (unpaired) electrons. The van der Waals surface area contributed by atoms with Crippen LogP contribution in [-0.4, -0.2) is 50.3 Å². The summed E-state index contributed by atoms with van der Waals surface area (Å²) < 4.78 is 5.81. The summed E-state index contributed by atoms with van der Waals surface area (Å²) in [5.41, 5.74) is 1.08. The first-order valence-corrected chi connectivity index (χ1v) is 7.06. The highest BCUT2D eigenvalue weighted by Crippen LogP contribution is 2.24. The molecule has 1 aliphatic heterocycles. The molecule has 1 aromatic carbocycles. The van der Waals surface area contributed by atoms with E-state index in [0.717, 1.165) is 37.6 Å². The van der Waals surface area contributed by atoms with Gasteiger partial charge in [0.2, 0.25) is 0 Å². The van der Waals surface area contributed by atoms with E-state index in [2.05, 4.69) is 42.5 Å². The Morgan fingerprint density at radius 3 is 2.95 bits per heavy atom. The summed E-state index contributed by atoms with van der Waals surface area (Å²) in [6.45, 7) is 8.29. The summed E-state index contributed by atoms with van der Waals surface area (Å²) in [6, 6.07) is 8.63. The highest BCUT2D eigenvalue weighted by Gasteiger charge is 2.16. The van der Waals surface area contributed by atoms with Gasteiger partial charge in [-0.25, -0.2) is 0 Å². The zero-order chi connectivity index (χ0) is 13.7. The fourth-order valence-corrected chi connectivity index (χ4v) is 2.33. The number of nitrogens with one attached hydrogen (secondary N) is 2. The van der Waals surface area contributed by atoms with Crippen molar-refractivity contribution in [1.29, 1.82) is 0 Å². The molecule has 1 fully saturated rings. The van der Waals surface area contributed by atoms with Crippen LogP contribution in [0.3, 0.4) is 0 Å². The second-order valence-corrected chi connectivity index (χ2v) is 5.46. The van der Waals surface area contributed by atoms with E-state index in [9.17, 15) is 0 Å². The minimum Gasteiger partial charge on any atom is -0.489 e. The second kappa shape index (κ2) is 6.78. The number of para-hydroxylation sites is 2. The Morgan fingerprint density at radius 1 is 1.42 bits per heavy atom. The predicted octanol–water partition coefficient (Wildman–Crippen LogP) is 1.79.